The molecule has 0 unspecified atom stereocenters. The zero-order chi connectivity index (χ0) is 13.5. The topological polar surface area (TPSA) is 44.5 Å². The Hall–Kier alpha value is -0.330. The first-order chi connectivity index (χ1) is 8.41. The molecular formula is C12H22F3NO2. The summed E-state index contributed by atoms with van der Waals surface area (Å²) in [6.45, 7) is -0.697. The van der Waals surface area contributed by atoms with E-state index in [2.05, 4.69) is 4.74 Å². The molecule has 0 aromatic carbocycles. The lowest BCUT2D eigenvalue weighted by atomic mass is 9.93. The highest BCUT2D eigenvalue weighted by Crippen LogP contribution is 2.25. The van der Waals surface area contributed by atoms with E-state index < -0.39 is 12.8 Å². The summed E-state index contributed by atoms with van der Waals surface area (Å²) in [6, 6.07) is 0. The summed E-state index contributed by atoms with van der Waals surface area (Å²) in [5.74, 6) is 0. The molecule has 0 heterocycles. The molecule has 0 aromatic heterocycles. The zero-order valence-electron chi connectivity index (χ0n) is 10.6. The minimum absolute atomic E-state index is 0.0460. The molecule has 1 aliphatic carbocycles. The normalized spacial score (nSPS) is 20.7. The predicted octanol–water partition coefficient (Wildman–Crippen LogP) is 2.63. The van der Waals surface area contributed by atoms with Gasteiger partial charge in [-0.1, -0.05) is 25.7 Å². The number of alkyl halides is 3. The molecule has 2 N–H and O–H groups in total. The van der Waals surface area contributed by atoms with Crippen LogP contribution in [0.2, 0.25) is 0 Å². The molecule has 0 radical (unpaired) electrons. The van der Waals surface area contributed by atoms with E-state index in [0.717, 1.165) is 25.7 Å². The van der Waals surface area contributed by atoms with Gasteiger partial charge in [0.2, 0.25) is 0 Å². The number of hydrogen-bond donors (Lipinski definition) is 1. The molecule has 1 fully saturated rings. The average Bonchev–Trinajstić information content (AvgIpc) is 2.47. The van der Waals surface area contributed by atoms with Crippen molar-refractivity contribution >= 4 is 0 Å². The van der Waals surface area contributed by atoms with E-state index in [1.54, 1.807) is 0 Å². The highest BCUT2D eigenvalue weighted by Gasteiger charge is 2.28. The second-order valence-corrected chi connectivity index (χ2v) is 5.00. The van der Waals surface area contributed by atoms with Gasteiger partial charge in [-0.3, -0.25) is 0 Å². The third kappa shape index (κ3) is 7.18. The summed E-state index contributed by atoms with van der Waals surface area (Å²) in [6.07, 6.45) is 2.19. The Balaban J connectivity index is 2.06. The Morgan fingerprint density at radius 3 is 2.06 bits per heavy atom. The van der Waals surface area contributed by atoms with Crippen LogP contribution in [0.1, 0.15) is 38.5 Å². The Labute approximate surface area is 106 Å². The van der Waals surface area contributed by atoms with Gasteiger partial charge in [-0.25, -0.2) is 0 Å². The minimum Gasteiger partial charge on any atom is -0.377 e. The van der Waals surface area contributed by atoms with Gasteiger partial charge in [0.1, 0.15) is 6.61 Å². The summed E-state index contributed by atoms with van der Waals surface area (Å²) in [5, 5.41) is 0. The van der Waals surface area contributed by atoms with E-state index >= 15 is 0 Å². The van der Waals surface area contributed by atoms with Crippen LogP contribution >= 0.6 is 0 Å². The van der Waals surface area contributed by atoms with Gasteiger partial charge in [-0.05, 0) is 12.8 Å². The third-order valence-electron chi connectivity index (χ3n) is 3.13. The highest BCUT2D eigenvalue weighted by molar-refractivity contribution is 4.85. The van der Waals surface area contributed by atoms with Gasteiger partial charge in [0.15, 0.2) is 0 Å². The Bertz CT molecular complexity index is 226. The standard InChI is InChI=1S/C12H22F3NO2/c13-12(14,15)10-18-8-7-17-9-11(16)5-3-1-2-4-6-11/h1-10,16H2. The molecule has 18 heavy (non-hydrogen) atoms. The second-order valence-electron chi connectivity index (χ2n) is 5.00. The van der Waals surface area contributed by atoms with Crippen molar-refractivity contribution in [2.24, 2.45) is 5.73 Å². The van der Waals surface area contributed by atoms with Crippen LogP contribution in [-0.2, 0) is 9.47 Å². The largest absolute Gasteiger partial charge is 0.411 e. The van der Waals surface area contributed by atoms with E-state index in [1.807, 2.05) is 0 Å². The van der Waals surface area contributed by atoms with Gasteiger partial charge < -0.3 is 15.2 Å². The molecule has 0 amide bonds. The Kier molecular flexibility index (Phi) is 6.38. The van der Waals surface area contributed by atoms with Crippen molar-refractivity contribution in [2.45, 2.75) is 50.2 Å². The molecule has 1 saturated carbocycles. The first-order valence-electron chi connectivity index (χ1n) is 6.42. The van der Waals surface area contributed by atoms with Crippen LogP contribution in [0, 0.1) is 0 Å². The Morgan fingerprint density at radius 2 is 1.50 bits per heavy atom. The quantitative estimate of drug-likeness (QED) is 0.595. The van der Waals surface area contributed by atoms with Crippen LogP contribution in [0.4, 0.5) is 13.2 Å². The first-order valence-corrected chi connectivity index (χ1v) is 6.42. The average molecular weight is 269 g/mol. The van der Waals surface area contributed by atoms with Gasteiger partial charge in [0, 0.05) is 5.54 Å². The number of hydrogen-bond acceptors (Lipinski definition) is 3. The maximum Gasteiger partial charge on any atom is 0.411 e. The molecule has 1 rings (SSSR count). The summed E-state index contributed by atoms with van der Waals surface area (Å²) in [4.78, 5) is 0. The molecule has 1 aliphatic rings. The molecule has 0 aromatic rings. The van der Waals surface area contributed by atoms with E-state index in [0.29, 0.717) is 6.61 Å². The summed E-state index contributed by atoms with van der Waals surface area (Å²) < 4.78 is 45.1. The van der Waals surface area contributed by atoms with E-state index in [-0.39, 0.29) is 18.8 Å². The molecule has 0 bridgehead atoms. The molecule has 108 valence electrons. The summed E-state index contributed by atoms with van der Waals surface area (Å²) in [5.41, 5.74) is 5.89. The van der Waals surface area contributed by atoms with Crippen molar-refractivity contribution < 1.29 is 22.6 Å². The SMILES string of the molecule is NC1(COCCOCC(F)(F)F)CCCCCC1. The molecular weight excluding hydrogens is 247 g/mol. The van der Waals surface area contributed by atoms with Crippen molar-refractivity contribution in [3.63, 3.8) is 0 Å². The second kappa shape index (κ2) is 7.31. The molecule has 0 atom stereocenters. The molecule has 0 aliphatic heterocycles. The highest BCUT2D eigenvalue weighted by atomic mass is 19.4. The van der Waals surface area contributed by atoms with Crippen LogP contribution in [0.3, 0.4) is 0 Å². The van der Waals surface area contributed by atoms with Crippen LogP contribution in [-0.4, -0.2) is 38.1 Å². The van der Waals surface area contributed by atoms with Crippen LogP contribution in [0.15, 0.2) is 0 Å². The van der Waals surface area contributed by atoms with Gasteiger partial charge >= 0.3 is 6.18 Å². The zero-order valence-corrected chi connectivity index (χ0v) is 10.6. The monoisotopic (exact) mass is 269 g/mol. The summed E-state index contributed by atoms with van der Waals surface area (Å²) in [7, 11) is 0. The third-order valence-corrected chi connectivity index (χ3v) is 3.13. The fourth-order valence-electron chi connectivity index (χ4n) is 2.16. The minimum atomic E-state index is -4.27. The van der Waals surface area contributed by atoms with E-state index in [4.69, 9.17) is 10.5 Å². The van der Waals surface area contributed by atoms with E-state index in [1.165, 1.54) is 12.8 Å². The maximum atomic E-state index is 11.8. The molecule has 3 nitrogen and oxygen atoms in total. The Morgan fingerprint density at radius 1 is 0.944 bits per heavy atom. The smallest absolute Gasteiger partial charge is 0.377 e. The van der Waals surface area contributed by atoms with Gasteiger partial charge in [0.25, 0.3) is 0 Å². The van der Waals surface area contributed by atoms with Gasteiger partial charge in [-0.2, -0.15) is 13.2 Å². The predicted molar refractivity (Wildman–Crippen MR) is 62.3 cm³/mol. The van der Waals surface area contributed by atoms with Gasteiger partial charge in [-0.15, -0.1) is 0 Å². The van der Waals surface area contributed by atoms with Crippen molar-refractivity contribution in [3.8, 4) is 0 Å². The number of halogens is 3. The lowest BCUT2D eigenvalue weighted by Crippen LogP contribution is -2.44. The summed E-state index contributed by atoms with van der Waals surface area (Å²) >= 11 is 0. The van der Waals surface area contributed by atoms with Crippen molar-refractivity contribution in [1.82, 2.24) is 0 Å². The maximum absolute atomic E-state index is 11.8. The number of nitrogens with two attached hydrogens (primary N) is 1. The first kappa shape index (κ1) is 15.7. The molecule has 6 heteroatoms. The lowest BCUT2D eigenvalue weighted by molar-refractivity contribution is -0.176. The van der Waals surface area contributed by atoms with Crippen LogP contribution in [0.5, 0.6) is 0 Å². The lowest BCUT2D eigenvalue weighted by Gasteiger charge is -2.27. The van der Waals surface area contributed by atoms with Crippen LogP contribution in [0.25, 0.3) is 0 Å². The fourth-order valence-corrected chi connectivity index (χ4v) is 2.16. The van der Waals surface area contributed by atoms with Crippen molar-refractivity contribution in [2.75, 3.05) is 26.4 Å². The fraction of sp³-hybridized carbons (Fsp3) is 1.00. The number of ether oxygens (including phenoxy) is 2. The van der Waals surface area contributed by atoms with Crippen molar-refractivity contribution in [3.05, 3.63) is 0 Å². The van der Waals surface area contributed by atoms with Crippen LogP contribution < -0.4 is 5.73 Å². The van der Waals surface area contributed by atoms with E-state index in [9.17, 15) is 13.2 Å². The van der Waals surface area contributed by atoms with Crippen molar-refractivity contribution in [1.29, 1.82) is 0 Å². The molecule has 0 saturated heterocycles. The number of rotatable bonds is 6. The van der Waals surface area contributed by atoms with Gasteiger partial charge in [0.05, 0.1) is 19.8 Å². The molecule has 0 spiro atoms.